The highest BCUT2D eigenvalue weighted by Gasteiger charge is 2.13. The van der Waals surface area contributed by atoms with E-state index in [0.29, 0.717) is 0 Å². The van der Waals surface area contributed by atoms with Crippen LogP contribution in [0.15, 0.2) is 18.2 Å². The molecular weight excluding hydrogens is 194 g/mol. The van der Waals surface area contributed by atoms with Crippen molar-refractivity contribution in [2.24, 2.45) is 0 Å². The zero-order valence-corrected chi connectivity index (χ0v) is 7.33. The molecule has 1 aromatic rings. The van der Waals surface area contributed by atoms with Crippen molar-refractivity contribution in [1.82, 2.24) is 0 Å². The van der Waals surface area contributed by atoms with Crippen molar-refractivity contribution in [2.75, 3.05) is 7.11 Å². The first-order chi connectivity index (χ1) is 6.54. The second-order valence-corrected chi connectivity index (χ2v) is 2.60. The number of carboxylic acid groups (broad SMARTS) is 1. The van der Waals surface area contributed by atoms with Gasteiger partial charge in [-0.3, -0.25) is 0 Å². The van der Waals surface area contributed by atoms with Crippen LogP contribution < -0.4 is 4.74 Å². The Labute approximate surface area is 78.9 Å². The zero-order valence-electron chi connectivity index (χ0n) is 7.33. The van der Waals surface area contributed by atoms with Crippen LogP contribution in [0.3, 0.4) is 0 Å². The SMILES string of the molecule is COc1cc(C(=O)O)cc(C(F)F)c1. The van der Waals surface area contributed by atoms with Crippen LogP contribution in [0.1, 0.15) is 22.3 Å². The van der Waals surface area contributed by atoms with E-state index in [2.05, 4.69) is 0 Å². The number of benzene rings is 1. The minimum atomic E-state index is -2.71. The molecule has 5 heteroatoms. The number of hydrogen-bond acceptors (Lipinski definition) is 2. The number of hydrogen-bond donors (Lipinski definition) is 1. The molecular formula is C9H8F2O3. The Balaban J connectivity index is 3.20. The maximum absolute atomic E-state index is 12.3. The summed E-state index contributed by atoms with van der Waals surface area (Å²) in [5, 5.41) is 8.61. The number of carboxylic acids is 1. The lowest BCUT2D eigenvalue weighted by atomic mass is 10.1. The first-order valence-corrected chi connectivity index (χ1v) is 3.75. The van der Waals surface area contributed by atoms with Crippen LogP contribution in [0.2, 0.25) is 0 Å². The monoisotopic (exact) mass is 202 g/mol. The van der Waals surface area contributed by atoms with Crippen molar-refractivity contribution in [3.05, 3.63) is 29.3 Å². The molecule has 1 aromatic carbocycles. The first-order valence-electron chi connectivity index (χ1n) is 3.75. The summed E-state index contributed by atoms with van der Waals surface area (Å²) >= 11 is 0. The molecule has 0 saturated heterocycles. The van der Waals surface area contributed by atoms with Crippen LogP contribution in [0, 0.1) is 0 Å². The van der Waals surface area contributed by atoms with Crippen molar-refractivity contribution >= 4 is 5.97 Å². The molecule has 0 amide bonds. The molecule has 0 unspecified atom stereocenters. The zero-order chi connectivity index (χ0) is 10.7. The van der Waals surface area contributed by atoms with Crippen LogP contribution in [0.5, 0.6) is 5.75 Å². The maximum Gasteiger partial charge on any atom is 0.335 e. The number of rotatable bonds is 3. The van der Waals surface area contributed by atoms with E-state index in [0.717, 1.165) is 12.1 Å². The lowest BCUT2D eigenvalue weighted by molar-refractivity contribution is 0.0696. The minimum Gasteiger partial charge on any atom is -0.497 e. The molecule has 0 aliphatic rings. The van der Waals surface area contributed by atoms with Gasteiger partial charge in [0.15, 0.2) is 0 Å². The first kappa shape index (κ1) is 10.4. The minimum absolute atomic E-state index is 0.111. The molecule has 0 aliphatic heterocycles. The molecule has 0 bridgehead atoms. The number of carbonyl (C=O) groups is 1. The van der Waals surface area contributed by atoms with Crippen molar-refractivity contribution in [3.63, 3.8) is 0 Å². The molecule has 0 aliphatic carbocycles. The number of halogens is 2. The summed E-state index contributed by atoms with van der Waals surface area (Å²) in [6, 6.07) is 3.22. The second kappa shape index (κ2) is 4.04. The fraction of sp³-hybridized carbons (Fsp3) is 0.222. The van der Waals surface area contributed by atoms with Crippen molar-refractivity contribution in [1.29, 1.82) is 0 Å². The summed E-state index contributed by atoms with van der Waals surface area (Å²) in [5.41, 5.74) is -0.568. The molecule has 1 N–H and O–H groups in total. The Bertz CT molecular complexity index is 350. The number of aromatic carboxylic acids is 1. The van der Waals surface area contributed by atoms with E-state index in [1.165, 1.54) is 13.2 Å². The molecule has 0 fully saturated rings. The Morgan fingerprint density at radius 3 is 2.50 bits per heavy atom. The quantitative estimate of drug-likeness (QED) is 0.818. The highest BCUT2D eigenvalue weighted by molar-refractivity contribution is 5.88. The molecule has 0 heterocycles. The molecule has 0 radical (unpaired) electrons. The van der Waals surface area contributed by atoms with E-state index in [1.54, 1.807) is 0 Å². The highest BCUT2D eigenvalue weighted by Crippen LogP contribution is 2.25. The lowest BCUT2D eigenvalue weighted by Gasteiger charge is -2.05. The number of ether oxygens (including phenoxy) is 1. The van der Waals surface area contributed by atoms with Crippen LogP contribution in [-0.4, -0.2) is 18.2 Å². The van der Waals surface area contributed by atoms with Gasteiger partial charge in [-0.05, 0) is 18.2 Å². The number of alkyl halides is 2. The summed E-state index contributed by atoms with van der Waals surface area (Å²) in [6.07, 6.45) is -2.71. The summed E-state index contributed by atoms with van der Waals surface area (Å²) in [4.78, 5) is 10.5. The van der Waals surface area contributed by atoms with Crippen molar-refractivity contribution in [3.8, 4) is 5.75 Å². The van der Waals surface area contributed by atoms with Gasteiger partial charge in [0, 0.05) is 5.56 Å². The van der Waals surface area contributed by atoms with E-state index in [4.69, 9.17) is 9.84 Å². The van der Waals surface area contributed by atoms with Gasteiger partial charge in [0.2, 0.25) is 0 Å². The van der Waals surface area contributed by atoms with E-state index < -0.39 is 12.4 Å². The third kappa shape index (κ3) is 2.18. The van der Waals surface area contributed by atoms with Crippen LogP contribution in [0.4, 0.5) is 8.78 Å². The Morgan fingerprint density at radius 1 is 1.43 bits per heavy atom. The van der Waals surface area contributed by atoms with Crippen molar-refractivity contribution in [2.45, 2.75) is 6.43 Å². The fourth-order valence-corrected chi connectivity index (χ4v) is 0.989. The standard InChI is InChI=1S/C9H8F2O3/c1-14-7-3-5(8(10)11)2-6(4-7)9(12)13/h2-4,8H,1H3,(H,12,13). The number of methoxy groups -OCH3 is 1. The average molecular weight is 202 g/mol. The van der Waals surface area contributed by atoms with Gasteiger partial charge in [-0.25, -0.2) is 13.6 Å². The third-order valence-corrected chi connectivity index (χ3v) is 1.66. The van der Waals surface area contributed by atoms with Gasteiger partial charge >= 0.3 is 5.97 Å². The molecule has 0 saturated carbocycles. The summed E-state index contributed by atoms with van der Waals surface area (Å²) in [5.74, 6) is -1.15. The van der Waals surface area contributed by atoms with Crippen LogP contribution >= 0.6 is 0 Å². The molecule has 76 valence electrons. The largest absolute Gasteiger partial charge is 0.497 e. The van der Waals surface area contributed by atoms with Gasteiger partial charge in [-0.1, -0.05) is 0 Å². The predicted octanol–water partition coefficient (Wildman–Crippen LogP) is 2.33. The Kier molecular flexibility index (Phi) is 3.01. The van der Waals surface area contributed by atoms with Gasteiger partial charge in [0.25, 0.3) is 6.43 Å². The highest BCUT2D eigenvalue weighted by atomic mass is 19.3. The second-order valence-electron chi connectivity index (χ2n) is 2.60. The molecule has 0 atom stereocenters. The van der Waals surface area contributed by atoms with Gasteiger partial charge in [-0.2, -0.15) is 0 Å². The van der Waals surface area contributed by atoms with E-state index in [9.17, 15) is 13.6 Å². The molecule has 1 rings (SSSR count). The topological polar surface area (TPSA) is 46.5 Å². The smallest absolute Gasteiger partial charge is 0.335 e. The van der Waals surface area contributed by atoms with E-state index >= 15 is 0 Å². The van der Waals surface area contributed by atoms with Gasteiger partial charge in [0.1, 0.15) is 5.75 Å². The fourth-order valence-electron chi connectivity index (χ4n) is 0.989. The molecule has 14 heavy (non-hydrogen) atoms. The van der Waals surface area contributed by atoms with E-state index in [-0.39, 0.29) is 16.9 Å². The van der Waals surface area contributed by atoms with Gasteiger partial charge in [-0.15, -0.1) is 0 Å². The molecule has 0 spiro atoms. The van der Waals surface area contributed by atoms with Crippen molar-refractivity contribution < 1.29 is 23.4 Å². The summed E-state index contributed by atoms with van der Waals surface area (Å²) in [6.45, 7) is 0. The normalized spacial score (nSPS) is 10.3. The van der Waals surface area contributed by atoms with Crippen LogP contribution in [-0.2, 0) is 0 Å². The summed E-state index contributed by atoms with van der Waals surface area (Å²) < 4.78 is 29.3. The van der Waals surface area contributed by atoms with Crippen LogP contribution in [0.25, 0.3) is 0 Å². The third-order valence-electron chi connectivity index (χ3n) is 1.66. The molecule has 3 nitrogen and oxygen atoms in total. The predicted molar refractivity (Wildman–Crippen MR) is 44.9 cm³/mol. The molecule has 0 aromatic heterocycles. The van der Waals surface area contributed by atoms with Gasteiger partial charge < -0.3 is 9.84 Å². The van der Waals surface area contributed by atoms with Gasteiger partial charge in [0.05, 0.1) is 12.7 Å². The summed E-state index contributed by atoms with van der Waals surface area (Å²) in [7, 11) is 1.29. The Hall–Kier alpha value is -1.65. The average Bonchev–Trinajstić information content (AvgIpc) is 2.16. The van der Waals surface area contributed by atoms with E-state index in [1.807, 2.05) is 0 Å². The lowest BCUT2D eigenvalue weighted by Crippen LogP contribution is -1.99. The Morgan fingerprint density at radius 2 is 2.07 bits per heavy atom. The maximum atomic E-state index is 12.3.